The summed E-state index contributed by atoms with van der Waals surface area (Å²) < 4.78 is 11.4. The van der Waals surface area contributed by atoms with Crippen molar-refractivity contribution in [3.63, 3.8) is 0 Å². The van der Waals surface area contributed by atoms with Gasteiger partial charge in [-0.25, -0.2) is 4.79 Å². The second-order valence-electron chi connectivity index (χ2n) is 7.26. The summed E-state index contributed by atoms with van der Waals surface area (Å²) in [6.45, 7) is 10.5. The third-order valence-corrected chi connectivity index (χ3v) is 5.46. The maximum Gasteiger partial charge on any atom is 0.410 e. The fourth-order valence-corrected chi connectivity index (χ4v) is 3.87. The Bertz CT molecular complexity index is 682. The van der Waals surface area contributed by atoms with Gasteiger partial charge in [0.2, 0.25) is 0 Å². The van der Waals surface area contributed by atoms with Crippen molar-refractivity contribution < 1.29 is 18.7 Å². The molecule has 1 aromatic rings. The lowest BCUT2D eigenvalue weighted by Crippen LogP contribution is -2.39. The molecule has 1 spiro atoms. The van der Waals surface area contributed by atoms with Gasteiger partial charge in [0.25, 0.3) is 5.91 Å². The zero-order chi connectivity index (χ0) is 18.9. The van der Waals surface area contributed by atoms with E-state index >= 15 is 0 Å². The van der Waals surface area contributed by atoms with Crippen molar-refractivity contribution in [2.45, 2.75) is 45.8 Å². The van der Waals surface area contributed by atoms with E-state index < -0.39 is 5.60 Å². The molecule has 0 radical (unpaired) electrons. The summed E-state index contributed by atoms with van der Waals surface area (Å²) in [5, 5.41) is 0. The number of hydrogen-bond acceptors (Lipinski definition) is 5. The van der Waals surface area contributed by atoms with E-state index in [0.29, 0.717) is 31.8 Å². The van der Waals surface area contributed by atoms with E-state index in [2.05, 4.69) is 18.7 Å². The first-order chi connectivity index (χ1) is 12.4. The number of likely N-dealkylation sites (N-methyl/N-ethyl adjacent to an activating group) is 1. The van der Waals surface area contributed by atoms with Crippen LogP contribution in [-0.4, -0.2) is 72.1 Å². The number of nitrogens with zero attached hydrogens (tertiary/aromatic N) is 3. The van der Waals surface area contributed by atoms with Crippen LogP contribution in [0.3, 0.4) is 0 Å². The van der Waals surface area contributed by atoms with Gasteiger partial charge in [0.05, 0.1) is 13.1 Å². The number of hydrogen-bond donors (Lipinski definition) is 0. The standard InChI is InChI=1S/C19H29N3O4/c1-5-15-14(11-21(6-2)7-3)10-16(25-15)17(23)22-9-8-19(13-22)12-20(4)18(24)26-19/h10H,5-9,11-13H2,1-4H3. The fraction of sp³-hybridized carbons (Fsp3) is 0.684. The van der Waals surface area contributed by atoms with Gasteiger partial charge in [-0.3, -0.25) is 9.69 Å². The molecule has 144 valence electrons. The van der Waals surface area contributed by atoms with Gasteiger partial charge in [0.1, 0.15) is 5.76 Å². The van der Waals surface area contributed by atoms with Crippen LogP contribution in [0.5, 0.6) is 0 Å². The molecule has 0 bridgehead atoms. The van der Waals surface area contributed by atoms with Crippen LogP contribution in [-0.2, 0) is 17.7 Å². The van der Waals surface area contributed by atoms with Crippen LogP contribution >= 0.6 is 0 Å². The van der Waals surface area contributed by atoms with Crippen molar-refractivity contribution in [3.05, 3.63) is 23.2 Å². The number of likely N-dealkylation sites (tertiary alicyclic amines) is 1. The number of amides is 2. The van der Waals surface area contributed by atoms with Crippen molar-refractivity contribution in [1.29, 1.82) is 0 Å². The van der Waals surface area contributed by atoms with Crippen LogP contribution < -0.4 is 0 Å². The summed E-state index contributed by atoms with van der Waals surface area (Å²) >= 11 is 0. The minimum Gasteiger partial charge on any atom is -0.456 e. The molecule has 2 amide bonds. The lowest BCUT2D eigenvalue weighted by Gasteiger charge is -2.21. The first-order valence-electron chi connectivity index (χ1n) is 9.48. The minimum atomic E-state index is -0.564. The molecule has 7 heteroatoms. The molecule has 1 unspecified atom stereocenters. The highest BCUT2D eigenvalue weighted by atomic mass is 16.6. The van der Waals surface area contributed by atoms with E-state index in [1.54, 1.807) is 16.8 Å². The first-order valence-corrected chi connectivity index (χ1v) is 9.48. The second-order valence-corrected chi connectivity index (χ2v) is 7.26. The molecule has 2 aliphatic heterocycles. The van der Waals surface area contributed by atoms with E-state index in [4.69, 9.17) is 9.15 Å². The molecule has 3 heterocycles. The molecular weight excluding hydrogens is 334 g/mol. The smallest absolute Gasteiger partial charge is 0.410 e. The molecule has 7 nitrogen and oxygen atoms in total. The summed E-state index contributed by atoms with van der Waals surface area (Å²) in [5.74, 6) is 1.15. The number of furan rings is 1. The molecule has 1 atom stereocenters. The summed E-state index contributed by atoms with van der Waals surface area (Å²) in [5.41, 5.74) is 0.520. The highest BCUT2D eigenvalue weighted by Gasteiger charge is 2.49. The van der Waals surface area contributed by atoms with E-state index in [1.165, 1.54) is 0 Å². The number of carbonyl (C=O) groups is 2. The molecule has 2 aliphatic rings. The zero-order valence-electron chi connectivity index (χ0n) is 16.2. The van der Waals surface area contributed by atoms with Gasteiger partial charge in [0, 0.05) is 38.5 Å². The Kier molecular flexibility index (Phi) is 5.27. The maximum absolute atomic E-state index is 12.9. The van der Waals surface area contributed by atoms with Crippen molar-refractivity contribution in [3.8, 4) is 0 Å². The average molecular weight is 363 g/mol. The van der Waals surface area contributed by atoms with Gasteiger partial charge < -0.3 is 19.0 Å². The predicted molar refractivity (Wildman–Crippen MR) is 97.1 cm³/mol. The van der Waals surface area contributed by atoms with Crippen LogP contribution in [0, 0.1) is 0 Å². The molecule has 0 N–H and O–H groups in total. The molecule has 0 saturated carbocycles. The predicted octanol–water partition coefficient (Wildman–Crippen LogP) is 2.35. The topological polar surface area (TPSA) is 66.2 Å². The molecule has 26 heavy (non-hydrogen) atoms. The SMILES string of the molecule is CCc1oc(C(=O)N2CCC3(CN(C)C(=O)O3)C2)cc1CN(CC)CC. The Balaban J connectivity index is 1.72. The minimum absolute atomic E-state index is 0.118. The summed E-state index contributed by atoms with van der Waals surface area (Å²) in [6.07, 6.45) is 1.12. The van der Waals surface area contributed by atoms with Gasteiger partial charge >= 0.3 is 6.09 Å². The Morgan fingerprint density at radius 3 is 2.58 bits per heavy atom. The van der Waals surface area contributed by atoms with E-state index in [9.17, 15) is 9.59 Å². The molecule has 2 fully saturated rings. The Morgan fingerprint density at radius 1 is 1.27 bits per heavy atom. The molecule has 2 saturated heterocycles. The molecule has 3 rings (SSSR count). The van der Waals surface area contributed by atoms with E-state index in [1.807, 2.05) is 13.0 Å². The maximum atomic E-state index is 12.9. The summed E-state index contributed by atoms with van der Waals surface area (Å²) in [6, 6.07) is 1.89. The van der Waals surface area contributed by atoms with Gasteiger partial charge in [-0.05, 0) is 19.2 Å². The number of rotatable bonds is 6. The summed E-state index contributed by atoms with van der Waals surface area (Å²) in [7, 11) is 1.72. The third-order valence-electron chi connectivity index (χ3n) is 5.46. The van der Waals surface area contributed by atoms with Gasteiger partial charge in [0.15, 0.2) is 11.4 Å². The molecule has 1 aromatic heterocycles. The van der Waals surface area contributed by atoms with Gasteiger partial charge in [-0.15, -0.1) is 0 Å². The zero-order valence-corrected chi connectivity index (χ0v) is 16.2. The number of carbonyl (C=O) groups excluding carboxylic acids is 2. The largest absolute Gasteiger partial charge is 0.456 e. The van der Waals surface area contributed by atoms with Crippen LogP contribution in [0.2, 0.25) is 0 Å². The molecule has 0 aliphatic carbocycles. The Morgan fingerprint density at radius 2 is 2.00 bits per heavy atom. The van der Waals surface area contributed by atoms with Crippen LogP contribution in [0.4, 0.5) is 4.79 Å². The average Bonchev–Trinajstić information content (AvgIpc) is 3.30. The van der Waals surface area contributed by atoms with Crippen LogP contribution in [0.1, 0.15) is 49.1 Å². The highest BCUT2D eigenvalue weighted by Crippen LogP contribution is 2.33. The van der Waals surface area contributed by atoms with Crippen LogP contribution in [0.15, 0.2) is 10.5 Å². The van der Waals surface area contributed by atoms with Gasteiger partial charge in [-0.1, -0.05) is 20.8 Å². The second kappa shape index (κ2) is 7.31. The monoisotopic (exact) mass is 363 g/mol. The normalized spacial score (nSPS) is 22.7. The number of aryl methyl sites for hydroxylation is 1. The van der Waals surface area contributed by atoms with Gasteiger partial charge in [-0.2, -0.15) is 0 Å². The molecule has 0 aromatic carbocycles. The van der Waals surface area contributed by atoms with Crippen molar-refractivity contribution in [1.82, 2.24) is 14.7 Å². The molecular formula is C19H29N3O4. The van der Waals surface area contributed by atoms with Crippen LogP contribution in [0.25, 0.3) is 0 Å². The van der Waals surface area contributed by atoms with E-state index in [0.717, 1.165) is 37.4 Å². The Hall–Kier alpha value is -2.02. The van der Waals surface area contributed by atoms with Crippen molar-refractivity contribution in [2.75, 3.05) is 39.8 Å². The lowest BCUT2D eigenvalue weighted by atomic mass is 10.0. The highest BCUT2D eigenvalue weighted by molar-refractivity contribution is 5.92. The van der Waals surface area contributed by atoms with Crippen molar-refractivity contribution in [2.24, 2.45) is 0 Å². The third kappa shape index (κ3) is 3.45. The van der Waals surface area contributed by atoms with Crippen molar-refractivity contribution >= 4 is 12.0 Å². The Labute approximate surface area is 154 Å². The van der Waals surface area contributed by atoms with E-state index in [-0.39, 0.29) is 12.0 Å². The fourth-order valence-electron chi connectivity index (χ4n) is 3.87. The first kappa shape index (κ1) is 18.8. The summed E-state index contributed by atoms with van der Waals surface area (Å²) in [4.78, 5) is 30.2. The quantitative estimate of drug-likeness (QED) is 0.776. The number of ether oxygens (including phenoxy) is 1. The lowest BCUT2D eigenvalue weighted by molar-refractivity contribution is 0.0538.